The van der Waals surface area contributed by atoms with Crippen LogP contribution in [0.3, 0.4) is 0 Å². The van der Waals surface area contributed by atoms with Gasteiger partial charge >= 0.3 is 8.60 Å². The van der Waals surface area contributed by atoms with E-state index in [2.05, 4.69) is 0 Å². The molecule has 0 saturated heterocycles. The van der Waals surface area contributed by atoms with Crippen molar-refractivity contribution in [2.45, 2.75) is 0 Å². The Morgan fingerprint density at radius 3 is 1.50 bits per heavy atom. The van der Waals surface area contributed by atoms with Gasteiger partial charge in [0.1, 0.15) is 11.5 Å². The molecule has 3 rings (SSSR count). The first-order valence-corrected chi connectivity index (χ1v) is 8.52. The van der Waals surface area contributed by atoms with Crippen molar-refractivity contribution in [2.24, 2.45) is 0 Å². The summed E-state index contributed by atoms with van der Waals surface area (Å²) in [7, 11) is -0.0936. The molecule has 0 amide bonds. The molecule has 0 saturated carbocycles. The van der Waals surface area contributed by atoms with Gasteiger partial charge in [-0.3, -0.25) is 0 Å². The zero-order valence-corrected chi connectivity index (χ0v) is 14.1. The zero-order valence-electron chi connectivity index (χ0n) is 13.2. The summed E-state index contributed by atoms with van der Waals surface area (Å²) in [6, 6.07) is 26.3. The Morgan fingerprint density at radius 2 is 1.00 bits per heavy atom. The van der Waals surface area contributed by atoms with E-state index in [0.717, 1.165) is 0 Å². The second-order valence-electron chi connectivity index (χ2n) is 4.77. The first-order valence-electron chi connectivity index (χ1n) is 7.42. The number of para-hydroxylation sites is 4. The quantitative estimate of drug-likeness (QED) is 0.535. The number of rotatable bonds is 7. The van der Waals surface area contributed by atoms with E-state index in [1.807, 2.05) is 84.9 Å². The highest BCUT2D eigenvalue weighted by atomic mass is 31.2. The van der Waals surface area contributed by atoms with Crippen LogP contribution in [0.5, 0.6) is 23.0 Å². The van der Waals surface area contributed by atoms with Gasteiger partial charge in [0, 0.05) is 0 Å². The van der Waals surface area contributed by atoms with Crippen molar-refractivity contribution >= 4 is 8.60 Å². The summed E-state index contributed by atoms with van der Waals surface area (Å²) in [6.07, 6.45) is 0. The molecule has 0 radical (unpaired) electrons. The molecule has 0 fully saturated rings. The molecule has 0 aliphatic carbocycles. The summed E-state index contributed by atoms with van der Waals surface area (Å²) < 4.78 is 23.0. The molecule has 0 spiro atoms. The summed E-state index contributed by atoms with van der Waals surface area (Å²) in [5.74, 6) is 2.54. The van der Waals surface area contributed by atoms with Crippen LogP contribution in [-0.4, -0.2) is 7.11 Å². The smallest absolute Gasteiger partial charge is 0.493 e. The van der Waals surface area contributed by atoms with E-state index in [-0.39, 0.29) is 0 Å². The third-order valence-electron chi connectivity index (χ3n) is 3.09. The average Bonchev–Trinajstić information content (AvgIpc) is 2.64. The van der Waals surface area contributed by atoms with E-state index in [0.29, 0.717) is 23.0 Å². The van der Waals surface area contributed by atoms with Gasteiger partial charge < -0.3 is 18.3 Å². The van der Waals surface area contributed by atoms with Crippen molar-refractivity contribution in [3.05, 3.63) is 84.9 Å². The molecule has 122 valence electrons. The van der Waals surface area contributed by atoms with Crippen LogP contribution in [0, 0.1) is 0 Å². The molecule has 0 heterocycles. The molecule has 0 bridgehead atoms. The van der Waals surface area contributed by atoms with Gasteiger partial charge in [0.2, 0.25) is 0 Å². The fourth-order valence-corrected chi connectivity index (χ4v) is 2.98. The molecule has 0 aliphatic heterocycles. The molecule has 24 heavy (non-hydrogen) atoms. The minimum Gasteiger partial charge on any atom is -0.493 e. The largest absolute Gasteiger partial charge is 0.530 e. The van der Waals surface area contributed by atoms with Crippen LogP contribution in [0.4, 0.5) is 0 Å². The second kappa shape index (κ2) is 8.23. The molecule has 0 atom stereocenters. The Morgan fingerprint density at radius 1 is 0.542 bits per heavy atom. The van der Waals surface area contributed by atoms with Crippen molar-refractivity contribution in [3.63, 3.8) is 0 Å². The molecular weight excluding hydrogens is 323 g/mol. The maximum absolute atomic E-state index is 5.94. The van der Waals surface area contributed by atoms with Crippen molar-refractivity contribution < 1.29 is 18.3 Å². The first-order chi connectivity index (χ1) is 11.8. The lowest BCUT2D eigenvalue weighted by Gasteiger charge is -2.19. The molecule has 0 unspecified atom stereocenters. The van der Waals surface area contributed by atoms with Gasteiger partial charge in [0.05, 0.1) is 7.11 Å². The van der Waals surface area contributed by atoms with Gasteiger partial charge in [0.25, 0.3) is 0 Å². The Labute approximate surface area is 142 Å². The van der Waals surface area contributed by atoms with Crippen LogP contribution in [0.25, 0.3) is 0 Å². The molecule has 3 aromatic carbocycles. The van der Waals surface area contributed by atoms with Crippen LogP contribution in [0.15, 0.2) is 84.9 Å². The van der Waals surface area contributed by atoms with Crippen LogP contribution < -0.4 is 18.3 Å². The third kappa shape index (κ3) is 4.40. The zero-order chi connectivity index (χ0) is 16.6. The van der Waals surface area contributed by atoms with Gasteiger partial charge in [0.15, 0.2) is 11.5 Å². The summed E-state index contributed by atoms with van der Waals surface area (Å²) in [4.78, 5) is 0. The minimum atomic E-state index is -1.69. The number of hydrogen-bond acceptors (Lipinski definition) is 4. The second-order valence-corrected chi connectivity index (χ2v) is 5.77. The lowest BCUT2D eigenvalue weighted by Crippen LogP contribution is -2.03. The van der Waals surface area contributed by atoms with E-state index in [4.69, 9.17) is 18.3 Å². The summed E-state index contributed by atoms with van der Waals surface area (Å²) >= 11 is 0. The molecule has 3 aromatic rings. The maximum atomic E-state index is 5.94. The standard InChI is InChI=1S/C19H17O4P/c1-20-18-14-8-9-15-19(18)23-24(21-16-10-4-2-5-11-16)22-17-12-6-3-7-13-17/h2-15H,1H3. The van der Waals surface area contributed by atoms with Crippen LogP contribution in [0.2, 0.25) is 0 Å². The highest BCUT2D eigenvalue weighted by Crippen LogP contribution is 2.44. The predicted molar refractivity (Wildman–Crippen MR) is 94.7 cm³/mol. The summed E-state index contributed by atoms with van der Waals surface area (Å²) in [6.45, 7) is 0. The Balaban J connectivity index is 1.81. The normalized spacial score (nSPS) is 10.2. The van der Waals surface area contributed by atoms with Gasteiger partial charge in [-0.15, -0.1) is 0 Å². The number of hydrogen-bond donors (Lipinski definition) is 0. The van der Waals surface area contributed by atoms with E-state index >= 15 is 0 Å². The highest BCUT2D eigenvalue weighted by Gasteiger charge is 2.21. The molecule has 0 N–H and O–H groups in total. The van der Waals surface area contributed by atoms with Crippen molar-refractivity contribution in [2.75, 3.05) is 7.11 Å². The van der Waals surface area contributed by atoms with Crippen molar-refractivity contribution in [1.82, 2.24) is 0 Å². The van der Waals surface area contributed by atoms with Gasteiger partial charge in [-0.05, 0) is 36.4 Å². The fourth-order valence-electron chi connectivity index (χ4n) is 1.97. The van der Waals surface area contributed by atoms with Crippen LogP contribution in [-0.2, 0) is 0 Å². The SMILES string of the molecule is COc1ccccc1OP(Oc1ccccc1)Oc1ccccc1. The maximum Gasteiger partial charge on any atom is 0.530 e. The summed E-state index contributed by atoms with van der Waals surface area (Å²) in [5, 5.41) is 0. The van der Waals surface area contributed by atoms with Gasteiger partial charge in [-0.1, -0.05) is 48.5 Å². The molecule has 4 nitrogen and oxygen atoms in total. The lowest BCUT2D eigenvalue weighted by atomic mass is 10.3. The van der Waals surface area contributed by atoms with E-state index in [1.54, 1.807) is 7.11 Å². The fraction of sp³-hybridized carbons (Fsp3) is 0.0526. The predicted octanol–water partition coefficient (Wildman–Crippen LogP) is 5.46. The van der Waals surface area contributed by atoms with Crippen molar-refractivity contribution in [1.29, 1.82) is 0 Å². The van der Waals surface area contributed by atoms with E-state index < -0.39 is 8.60 Å². The number of ether oxygens (including phenoxy) is 1. The van der Waals surface area contributed by atoms with Gasteiger partial charge in [-0.2, -0.15) is 0 Å². The molecular formula is C19H17O4P. The Kier molecular flexibility index (Phi) is 5.54. The Hall–Kier alpha value is -2.71. The summed E-state index contributed by atoms with van der Waals surface area (Å²) in [5.41, 5.74) is 0. The lowest BCUT2D eigenvalue weighted by molar-refractivity contribution is 0.360. The Bertz CT molecular complexity index is 708. The molecule has 0 aromatic heterocycles. The average molecular weight is 340 g/mol. The minimum absolute atomic E-state index is 0.568. The molecule has 0 aliphatic rings. The van der Waals surface area contributed by atoms with Crippen LogP contribution in [0.1, 0.15) is 0 Å². The molecule has 5 heteroatoms. The number of benzene rings is 3. The monoisotopic (exact) mass is 340 g/mol. The first kappa shape index (κ1) is 16.2. The number of methoxy groups -OCH3 is 1. The highest BCUT2D eigenvalue weighted by molar-refractivity contribution is 7.43. The van der Waals surface area contributed by atoms with Gasteiger partial charge in [-0.25, -0.2) is 0 Å². The van der Waals surface area contributed by atoms with Crippen LogP contribution >= 0.6 is 8.60 Å². The van der Waals surface area contributed by atoms with Crippen molar-refractivity contribution in [3.8, 4) is 23.0 Å². The topological polar surface area (TPSA) is 36.9 Å². The third-order valence-corrected chi connectivity index (χ3v) is 4.15. The van der Waals surface area contributed by atoms with E-state index in [9.17, 15) is 0 Å². The van der Waals surface area contributed by atoms with E-state index in [1.165, 1.54) is 0 Å².